The number of fused-ring (bicyclic) bond motifs is 2. The molecule has 0 aromatic carbocycles. The summed E-state index contributed by atoms with van der Waals surface area (Å²) in [6, 6.07) is 0. The summed E-state index contributed by atoms with van der Waals surface area (Å²) in [4.78, 5) is 0. The molecule has 0 heterocycles. The predicted octanol–water partition coefficient (Wildman–Crippen LogP) is 4.00. The molecule has 3 rings (SSSR count). The van der Waals surface area contributed by atoms with Gasteiger partial charge in [-0.25, -0.2) is 0 Å². The molecule has 0 spiro atoms. The maximum Gasteiger partial charge on any atom is 0.0681 e. The average Bonchev–Trinajstić information content (AvgIpc) is 2.91. The van der Waals surface area contributed by atoms with Gasteiger partial charge in [0.2, 0.25) is 0 Å². The minimum atomic E-state index is -0.285. The van der Waals surface area contributed by atoms with Crippen LogP contribution in [0.1, 0.15) is 65.2 Å². The number of aliphatic hydroxyl groups is 1. The second-order valence-electron chi connectivity index (χ2n) is 7.49. The van der Waals surface area contributed by atoms with Gasteiger partial charge in [-0.05, 0) is 68.1 Å². The summed E-state index contributed by atoms with van der Waals surface area (Å²) in [5.74, 6) is 4.01. The molecule has 0 aromatic heterocycles. The molecule has 3 aliphatic rings. The quantitative estimate of drug-likeness (QED) is 0.768. The van der Waals surface area contributed by atoms with Gasteiger partial charge in [0.05, 0.1) is 5.60 Å². The Hall–Kier alpha value is -0.0400. The van der Waals surface area contributed by atoms with Crippen LogP contribution in [-0.2, 0) is 0 Å². The molecular weight excluding hydrogens is 208 g/mol. The maximum atomic E-state index is 11.1. The van der Waals surface area contributed by atoms with Crippen molar-refractivity contribution in [2.45, 2.75) is 70.8 Å². The zero-order valence-corrected chi connectivity index (χ0v) is 11.5. The van der Waals surface area contributed by atoms with Gasteiger partial charge < -0.3 is 5.11 Å². The molecule has 3 saturated carbocycles. The highest BCUT2D eigenvalue weighted by Crippen LogP contribution is 2.56. The van der Waals surface area contributed by atoms with Crippen LogP contribution in [0.4, 0.5) is 0 Å². The predicted molar refractivity (Wildman–Crippen MR) is 70.7 cm³/mol. The van der Waals surface area contributed by atoms with Crippen molar-refractivity contribution in [2.75, 3.05) is 0 Å². The Morgan fingerprint density at radius 3 is 2.53 bits per heavy atom. The SMILES string of the molecule is CC(C)C1CCCC(O)(C2CC3CCC2C3)C1. The Bertz CT molecular complexity index is 285. The largest absolute Gasteiger partial charge is 0.390 e. The molecule has 17 heavy (non-hydrogen) atoms. The first-order chi connectivity index (χ1) is 8.08. The third-order valence-electron chi connectivity index (χ3n) is 6.17. The minimum absolute atomic E-state index is 0.285. The molecule has 0 amide bonds. The van der Waals surface area contributed by atoms with Crippen molar-refractivity contribution < 1.29 is 5.11 Å². The Balaban J connectivity index is 1.72. The normalized spacial score (nSPS) is 50.1. The lowest BCUT2D eigenvalue weighted by Crippen LogP contribution is -2.45. The molecule has 1 nitrogen and oxygen atoms in total. The van der Waals surface area contributed by atoms with Crippen LogP contribution in [0.3, 0.4) is 0 Å². The molecule has 3 aliphatic carbocycles. The van der Waals surface area contributed by atoms with Crippen LogP contribution in [0.25, 0.3) is 0 Å². The van der Waals surface area contributed by atoms with E-state index in [1.807, 2.05) is 0 Å². The first-order valence-electron chi connectivity index (χ1n) is 7.81. The summed E-state index contributed by atoms with van der Waals surface area (Å²) in [5, 5.41) is 11.1. The van der Waals surface area contributed by atoms with Gasteiger partial charge in [0.15, 0.2) is 0 Å². The number of rotatable bonds is 2. The van der Waals surface area contributed by atoms with Crippen LogP contribution >= 0.6 is 0 Å². The van der Waals surface area contributed by atoms with E-state index in [2.05, 4.69) is 13.8 Å². The molecule has 98 valence electrons. The monoisotopic (exact) mass is 236 g/mol. The second kappa shape index (κ2) is 4.26. The minimum Gasteiger partial charge on any atom is -0.390 e. The van der Waals surface area contributed by atoms with E-state index in [-0.39, 0.29) is 5.60 Å². The van der Waals surface area contributed by atoms with Crippen molar-refractivity contribution in [1.82, 2.24) is 0 Å². The number of hydrogen-bond acceptors (Lipinski definition) is 1. The molecule has 0 aromatic rings. The van der Waals surface area contributed by atoms with Crippen LogP contribution in [0.15, 0.2) is 0 Å². The molecule has 0 saturated heterocycles. The van der Waals surface area contributed by atoms with E-state index in [1.165, 1.54) is 38.5 Å². The van der Waals surface area contributed by atoms with Gasteiger partial charge in [-0.2, -0.15) is 0 Å². The van der Waals surface area contributed by atoms with Gasteiger partial charge in [0, 0.05) is 0 Å². The standard InChI is InChI=1S/C16H28O/c1-11(2)14-4-3-7-16(17,10-14)15-9-12-5-6-13(15)8-12/h11-15,17H,3-10H2,1-2H3. The van der Waals surface area contributed by atoms with Crippen LogP contribution in [0, 0.1) is 29.6 Å². The van der Waals surface area contributed by atoms with Gasteiger partial charge >= 0.3 is 0 Å². The van der Waals surface area contributed by atoms with E-state index < -0.39 is 0 Å². The molecule has 5 atom stereocenters. The van der Waals surface area contributed by atoms with Gasteiger partial charge in [0.25, 0.3) is 0 Å². The highest BCUT2D eigenvalue weighted by atomic mass is 16.3. The zero-order chi connectivity index (χ0) is 12.0. The molecule has 1 N–H and O–H groups in total. The molecule has 0 radical (unpaired) electrons. The Kier molecular flexibility index (Phi) is 3.01. The first-order valence-corrected chi connectivity index (χ1v) is 7.81. The van der Waals surface area contributed by atoms with Crippen LogP contribution in [-0.4, -0.2) is 10.7 Å². The fourth-order valence-corrected chi connectivity index (χ4v) is 5.14. The lowest BCUT2D eigenvalue weighted by Gasteiger charge is -2.45. The Morgan fingerprint density at radius 1 is 1.12 bits per heavy atom. The van der Waals surface area contributed by atoms with Crippen molar-refractivity contribution in [3.8, 4) is 0 Å². The highest BCUT2D eigenvalue weighted by Gasteiger charge is 2.51. The van der Waals surface area contributed by atoms with Crippen molar-refractivity contribution in [1.29, 1.82) is 0 Å². The zero-order valence-electron chi connectivity index (χ0n) is 11.5. The van der Waals surface area contributed by atoms with Gasteiger partial charge in [-0.1, -0.05) is 26.7 Å². The smallest absolute Gasteiger partial charge is 0.0681 e. The summed E-state index contributed by atoms with van der Waals surface area (Å²) in [6.45, 7) is 4.66. The summed E-state index contributed by atoms with van der Waals surface area (Å²) in [5.41, 5.74) is -0.285. The highest BCUT2D eigenvalue weighted by molar-refractivity contribution is 5.02. The Labute approximate surface area is 106 Å². The summed E-state index contributed by atoms with van der Waals surface area (Å²) >= 11 is 0. The van der Waals surface area contributed by atoms with E-state index in [4.69, 9.17) is 0 Å². The van der Waals surface area contributed by atoms with Crippen LogP contribution in [0.5, 0.6) is 0 Å². The van der Waals surface area contributed by atoms with Gasteiger partial charge in [0.1, 0.15) is 0 Å². The number of hydrogen-bond donors (Lipinski definition) is 1. The fourth-order valence-electron chi connectivity index (χ4n) is 5.14. The summed E-state index contributed by atoms with van der Waals surface area (Å²) < 4.78 is 0. The summed E-state index contributed by atoms with van der Waals surface area (Å²) in [7, 11) is 0. The second-order valence-corrected chi connectivity index (χ2v) is 7.49. The van der Waals surface area contributed by atoms with Crippen molar-refractivity contribution in [3.63, 3.8) is 0 Å². The first kappa shape index (κ1) is 12.0. The van der Waals surface area contributed by atoms with E-state index in [0.717, 1.165) is 36.5 Å². The van der Waals surface area contributed by atoms with Gasteiger partial charge in [-0.3, -0.25) is 0 Å². The van der Waals surface area contributed by atoms with E-state index in [0.29, 0.717) is 5.92 Å². The van der Waals surface area contributed by atoms with Crippen molar-refractivity contribution in [2.24, 2.45) is 29.6 Å². The fraction of sp³-hybridized carbons (Fsp3) is 1.00. The van der Waals surface area contributed by atoms with Crippen molar-refractivity contribution in [3.05, 3.63) is 0 Å². The molecular formula is C16H28O. The molecule has 5 unspecified atom stereocenters. The third-order valence-corrected chi connectivity index (χ3v) is 6.17. The van der Waals surface area contributed by atoms with Crippen LogP contribution in [0.2, 0.25) is 0 Å². The van der Waals surface area contributed by atoms with Crippen molar-refractivity contribution >= 4 is 0 Å². The molecule has 0 aliphatic heterocycles. The lowest BCUT2D eigenvalue weighted by atomic mass is 9.65. The van der Waals surface area contributed by atoms with E-state index >= 15 is 0 Å². The maximum absolute atomic E-state index is 11.1. The molecule has 3 fully saturated rings. The third kappa shape index (κ3) is 2.05. The van der Waals surface area contributed by atoms with Gasteiger partial charge in [-0.15, -0.1) is 0 Å². The molecule has 2 bridgehead atoms. The van der Waals surface area contributed by atoms with E-state index in [1.54, 1.807) is 0 Å². The molecule has 1 heteroatoms. The summed E-state index contributed by atoms with van der Waals surface area (Å²) in [6.07, 6.45) is 10.4. The lowest BCUT2D eigenvalue weighted by molar-refractivity contribution is -0.0876. The Morgan fingerprint density at radius 2 is 1.94 bits per heavy atom. The average molecular weight is 236 g/mol. The van der Waals surface area contributed by atoms with E-state index in [9.17, 15) is 5.11 Å². The van der Waals surface area contributed by atoms with Crippen LogP contribution < -0.4 is 0 Å². The topological polar surface area (TPSA) is 20.2 Å².